The number of likely N-dealkylation sites (tertiary alicyclic amines) is 1. The van der Waals surface area contributed by atoms with E-state index in [9.17, 15) is 13.2 Å². The van der Waals surface area contributed by atoms with Crippen molar-refractivity contribution in [1.29, 1.82) is 0 Å². The Balaban J connectivity index is 1.33. The van der Waals surface area contributed by atoms with Gasteiger partial charge in [-0.1, -0.05) is 5.16 Å². The number of nitrogens with zero attached hydrogens (tertiary/aromatic N) is 5. The first-order valence-electron chi connectivity index (χ1n) is 8.81. The molecule has 27 heavy (non-hydrogen) atoms. The number of sulfonamides is 1. The lowest BCUT2D eigenvalue weighted by molar-refractivity contribution is 0.0563. The normalized spacial score (nSPS) is 20.0. The summed E-state index contributed by atoms with van der Waals surface area (Å²) in [6, 6.07) is 0. The number of hydrogen-bond acceptors (Lipinski definition) is 8. The van der Waals surface area contributed by atoms with E-state index < -0.39 is 10.0 Å². The van der Waals surface area contributed by atoms with Crippen LogP contribution in [0.25, 0.3) is 0 Å². The molecule has 4 heterocycles. The van der Waals surface area contributed by atoms with E-state index in [-0.39, 0.29) is 17.7 Å². The standard InChI is InChI=1S/C16H21N5O5S/c1-10-17-13(9-25-10)16(22)20-7-12(8-20)15-18-14(19-26-15)11-3-5-21(6-4-11)27(2,23)24/h9,11-12H,3-8H2,1-2H3. The van der Waals surface area contributed by atoms with Crippen LogP contribution in [0.1, 0.15) is 52.8 Å². The van der Waals surface area contributed by atoms with Crippen LogP contribution in [0.5, 0.6) is 0 Å². The van der Waals surface area contributed by atoms with Crippen LogP contribution in [-0.4, -0.2) is 71.1 Å². The van der Waals surface area contributed by atoms with Crippen molar-refractivity contribution in [2.24, 2.45) is 0 Å². The Morgan fingerprint density at radius 3 is 2.48 bits per heavy atom. The molecule has 0 unspecified atom stereocenters. The molecule has 0 bridgehead atoms. The predicted molar refractivity (Wildman–Crippen MR) is 92.6 cm³/mol. The zero-order valence-electron chi connectivity index (χ0n) is 15.2. The summed E-state index contributed by atoms with van der Waals surface area (Å²) in [5, 5.41) is 4.08. The van der Waals surface area contributed by atoms with Crippen LogP contribution >= 0.6 is 0 Å². The van der Waals surface area contributed by atoms with Gasteiger partial charge in [0, 0.05) is 39.0 Å². The van der Waals surface area contributed by atoms with Gasteiger partial charge in [-0.2, -0.15) is 4.98 Å². The molecule has 0 aliphatic carbocycles. The molecule has 0 aromatic carbocycles. The van der Waals surface area contributed by atoms with Crippen molar-refractivity contribution in [3.63, 3.8) is 0 Å². The summed E-state index contributed by atoms with van der Waals surface area (Å²) in [6.45, 7) is 3.63. The second-order valence-corrected chi connectivity index (χ2v) is 9.07. The maximum absolute atomic E-state index is 12.3. The Morgan fingerprint density at radius 1 is 1.19 bits per heavy atom. The van der Waals surface area contributed by atoms with E-state index >= 15 is 0 Å². The van der Waals surface area contributed by atoms with Crippen molar-refractivity contribution in [2.45, 2.75) is 31.6 Å². The first kappa shape index (κ1) is 18.1. The summed E-state index contributed by atoms with van der Waals surface area (Å²) in [4.78, 5) is 22.5. The van der Waals surface area contributed by atoms with Gasteiger partial charge in [0.15, 0.2) is 17.4 Å². The SMILES string of the molecule is Cc1nc(C(=O)N2CC(c3nc(C4CCN(S(C)(=O)=O)CC4)no3)C2)co1. The lowest BCUT2D eigenvalue weighted by Gasteiger charge is -2.36. The fourth-order valence-corrected chi connectivity index (χ4v) is 4.32. The summed E-state index contributed by atoms with van der Waals surface area (Å²) in [6.07, 6.45) is 3.93. The Kier molecular flexibility index (Phi) is 4.50. The molecular weight excluding hydrogens is 374 g/mol. The Morgan fingerprint density at radius 2 is 1.89 bits per heavy atom. The monoisotopic (exact) mass is 395 g/mol. The Hall–Kier alpha value is -2.27. The molecule has 0 saturated carbocycles. The fourth-order valence-electron chi connectivity index (χ4n) is 3.45. The van der Waals surface area contributed by atoms with E-state index in [0.29, 0.717) is 62.3 Å². The maximum atomic E-state index is 12.3. The first-order valence-corrected chi connectivity index (χ1v) is 10.7. The third kappa shape index (κ3) is 3.61. The van der Waals surface area contributed by atoms with Crippen molar-refractivity contribution in [1.82, 2.24) is 24.3 Å². The van der Waals surface area contributed by atoms with Crippen LogP contribution < -0.4 is 0 Å². The van der Waals surface area contributed by atoms with Gasteiger partial charge in [0.1, 0.15) is 6.26 Å². The number of rotatable bonds is 4. The van der Waals surface area contributed by atoms with Gasteiger partial charge in [-0.15, -0.1) is 0 Å². The number of oxazole rings is 1. The van der Waals surface area contributed by atoms with Gasteiger partial charge in [0.05, 0.1) is 12.2 Å². The van der Waals surface area contributed by atoms with Crippen molar-refractivity contribution >= 4 is 15.9 Å². The average molecular weight is 395 g/mol. The highest BCUT2D eigenvalue weighted by Gasteiger charge is 2.37. The van der Waals surface area contributed by atoms with Gasteiger partial charge in [-0.05, 0) is 12.8 Å². The fraction of sp³-hybridized carbons (Fsp3) is 0.625. The van der Waals surface area contributed by atoms with E-state index in [1.54, 1.807) is 11.8 Å². The summed E-state index contributed by atoms with van der Waals surface area (Å²) in [7, 11) is -3.15. The summed E-state index contributed by atoms with van der Waals surface area (Å²) >= 11 is 0. The van der Waals surface area contributed by atoms with Gasteiger partial charge in [0.25, 0.3) is 5.91 Å². The van der Waals surface area contributed by atoms with Crippen molar-refractivity contribution in [3.05, 3.63) is 29.6 Å². The number of piperidine rings is 1. The third-order valence-electron chi connectivity index (χ3n) is 5.10. The molecule has 11 heteroatoms. The molecule has 2 aromatic heterocycles. The molecule has 10 nitrogen and oxygen atoms in total. The highest BCUT2D eigenvalue weighted by atomic mass is 32.2. The van der Waals surface area contributed by atoms with Crippen molar-refractivity contribution < 1.29 is 22.2 Å². The van der Waals surface area contributed by atoms with E-state index in [1.165, 1.54) is 16.8 Å². The van der Waals surface area contributed by atoms with E-state index in [4.69, 9.17) is 8.94 Å². The number of amides is 1. The Bertz CT molecular complexity index is 938. The number of aryl methyl sites for hydroxylation is 1. The number of hydrogen-bond donors (Lipinski definition) is 0. The zero-order valence-corrected chi connectivity index (χ0v) is 16.0. The Labute approximate surface area is 156 Å². The molecule has 0 atom stereocenters. The predicted octanol–water partition coefficient (Wildman–Crippen LogP) is 0.745. The summed E-state index contributed by atoms with van der Waals surface area (Å²) < 4.78 is 35.1. The van der Waals surface area contributed by atoms with Gasteiger partial charge in [-0.3, -0.25) is 4.79 Å². The average Bonchev–Trinajstić information content (AvgIpc) is 3.22. The molecule has 2 saturated heterocycles. The topological polar surface area (TPSA) is 123 Å². The van der Waals surface area contributed by atoms with E-state index in [0.717, 1.165) is 0 Å². The molecule has 2 aliphatic heterocycles. The van der Waals surface area contributed by atoms with Crippen LogP contribution in [-0.2, 0) is 10.0 Å². The number of aromatic nitrogens is 3. The van der Waals surface area contributed by atoms with E-state index in [2.05, 4.69) is 15.1 Å². The van der Waals surface area contributed by atoms with Crippen LogP contribution in [0.4, 0.5) is 0 Å². The van der Waals surface area contributed by atoms with Gasteiger partial charge in [0.2, 0.25) is 15.9 Å². The van der Waals surface area contributed by atoms with Crippen LogP contribution in [0.15, 0.2) is 15.2 Å². The van der Waals surface area contributed by atoms with Crippen LogP contribution in [0, 0.1) is 6.92 Å². The quantitative estimate of drug-likeness (QED) is 0.743. The molecule has 2 aromatic rings. The zero-order chi connectivity index (χ0) is 19.2. The molecule has 0 radical (unpaired) electrons. The maximum Gasteiger partial charge on any atom is 0.275 e. The van der Waals surface area contributed by atoms with Gasteiger partial charge >= 0.3 is 0 Å². The minimum atomic E-state index is -3.15. The van der Waals surface area contributed by atoms with Gasteiger partial charge < -0.3 is 13.8 Å². The smallest absolute Gasteiger partial charge is 0.275 e. The van der Waals surface area contributed by atoms with Crippen molar-refractivity contribution in [3.8, 4) is 0 Å². The summed E-state index contributed by atoms with van der Waals surface area (Å²) in [5.74, 6) is 1.54. The van der Waals surface area contributed by atoms with Crippen LogP contribution in [0.2, 0.25) is 0 Å². The lowest BCUT2D eigenvalue weighted by atomic mass is 9.97. The molecular formula is C16H21N5O5S. The minimum Gasteiger partial charge on any atom is -0.448 e. The van der Waals surface area contributed by atoms with Crippen molar-refractivity contribution in [2.75, 3.05) is 32.4 Å². The lowest BCUT2D eigenvalue weighted by Crippen LogP contribution is -2.48. The first-order chi connectivity index (χ1) is 12.8. The molecule has 0 spiro atoms. The second-order valence-electron chi connectivity index (χ2n) is 7.09. The number of carbonyl (C=O) groups excluding carboxylic acids is 1. The summed E-state index contributed by atoms with van der Waals surface area (Å²) in [5.41, 5.74) is 0.301. The van der Waals surface area contributed by atoms with Gasteiger partial charge in [-0.25, -0.2) is 17.7 Å². The highest BCUT2D eigenvalue weighted by Crippen LogP contribution is 2.31. The molecule has 146 valence electrons. The molecule has 0 N–H and O–H groups in total. The molecule has 4 rings (SSSR count). The second kappa shape index (κ2) is 6.71. The van der Waals surface area contributed by atoms with Crippen LogP contribution in [0.3, 0.4) is 0 Å². The minimum absolute atomic E-state index is 0.0132. The molecule has 1 amide bonds. The largest absolute Gasteiger partial charge is 0.448 e. The number of carbonyl (C=O) groups is 1. The highest BCUT2D eigenvalue weighted by molar-refractivity contribution is 7.88. The van der Waals surface area contributed by atoms with E-state index in [1.807, 2.05) is 0 Å². The molecule has 2 fully saturated rings. The molecule has 2 aliphatic rings. The third-order valence-corrected chi connectivity index (χ3v) is 6.40.